The number of amides is 1. The van der Waals surface area contributed by atoms with Gasteiger partial charge in [-0.05, 0) is 35.8 Å². The third-order valence-electron chi connectivity index (χ3n) is 4.37. The summed E-state index contributed by atoms with van der Waals surface area (Å²) < 4.78 is 6.22. The molecule has 0 spiro atoms. The van der Waals surface area contributed by atoms with E-state index in [9.17, 15) is 14.9 Å². The first kappa shape index (κ1) is 17.5. The minimum absolute atomic E-state index is 0.0556. The van der Waals surface area contributed by atoms with Crippen LogP contribution in [-0.4, -0.2) is 41.9 Å². The molecule has 2 heterocycles. The van der Waals surface area contributed by atoms with E-state index in [1.807, 2.05) is 13.0 Å². The van der Waals surface area contributed by atoms with Gasteiger partial charge in [0.25, 0.3) is 11.6 Å². The highest BCUT2D eigenvalue weighted by atomic mass is 79.9. The van der Waals surface area contributed by atoms with Crippen molar-refractivity contribution in [3.8, 4) is 0 Å². The van der Waals surface area contributed by atoms with Gasteiger partial charge in [0.15, 0.2) is 0 Å². The number of carbonyl (C=O) groups is 1. The van der Waals surface area contributed by atoms with E-state index < -0.39 is 4.92 Å². The fraction of sp³-hybridized carbons (Fsp3) is 0.353. The molecule has 0 saturated carbocycles. The number of furan rings is 1. The van der Waals surface area contributed by atoms with Gasteiger partial charge in [0.2, 0.25) is 0 Å². The van der Waals surface area contributed by atoms with Gasteiger partial charge in [-0.1, -0.05) is 6.07 Å². The highest BCUT2D eigenvalue weighted by molar-refractivity contribution is 9.10. The van der Waals surface area contributed by atoms with Crippen LogP contribution in [0.4, 0.5) is 11.4 Å². The molecule has 0 radical (unpaired) electrons. The van der Waals surface area contributed by atoms with Gasteiger partial charge < -0.3 is 14.2 Å². The third kappa shape index (κ3) is 3.39. The summed E-state index contributed by atoms with van der Waals surface area (Å²) in [5.41, 5.74) is 1.45. The quantitative estimate of drug-likeness (QED) is 0.574. The van der Waals surface area contributed by atoms with Crippen molar-refractivity contribution < 1.29 is 14.1 Å². The van der Waals surface area contributed by atoms with E-state index in [1.54, 1.807) is 24.0 Å². The van der Waals surface area contributed by atoms with E-state index >= 15 is 0 Å². The van der Waals surface area contributed by atoms with Gasteiger partial charge >= 0.3 is 0 Å². The zero-order valence-corrected chi connectivity index (χ0v) is 15.6. The maximum atomic E-state index is 12.8. The fourth-order valence-electron chi connectivity index (χ4n) is 3.03. The topological polar surface area (TPSA) is 79.8 Å². The lowest BCUT2D eigenvalue weighted by Crippen LogP contribution is -2.48. The lowest BCUT2D eigenvalue weighted by molar-refractivity contribution is -0.384. The summed E-state index contributed by atoms with van der Waals surface area (Å²) in [5, 5.41) is 10.9. The predicted molar refractivity (Wildman–Crippen MR) is 97.1 cm³/mol. The van der Waals surface area contributed by atoms with Crippen molar-refractivity contribution in [3.05, 3.63) is 55.9 Å². The van der Waals surface area contributed by atoms with Gasteiger partial charge in [0, 0.05) is 44.0 Å². The highest BCUT2D eigenvalue weighted by Gasteiger charge is 2.28. The first-order valence-corrected chi connectivity index (χ1v) is 8.72. The van der Waals surface area contributed by atoms with E-state index in [1.165, 1.54) is 6.07 Å². The number of halogens is 1. The first-order valence-electron chi connectivity index (χ1n) is 7.92. The monoisotopic (exact) mass is 407 g/mol. The summed E-state index contributed by atoms with van der Waals surface area (Å²) in [5.74, 6) is 1.24. The second-order valence-corrected chi connectivity index (χ2v) is 6.75. The minimum atomic E-state index is -0.398. The standard InChI is InChI=1S/C17H18BrN3O4/c1-11-15(16(18)12(2)25-11)17(22)20-8-6-19(7-9-20)13-4-3-5-14(10-13)21(23)24/h3-5,10H,6-9H2,1-2H3. The van der Waals surface area contributed by atoms with Crippen LogP contribution in [0.5, 0.6) is 0 Å². The Morgan fingerprint density at radius 3 is 2.44 bits per heavy atom. The van der Waals surface area contributed by atoms with Gasteiger partial charge in [-0.15, -0.1) is 0 Å². The van der Waals surface area contributed by atoms with Gasteiger partial charge in [0.05, 0.1) is 15.0 Å². The van der Waals surface area contributed by atoms with Crippen molar-refractivity contribution in [2.45, 2.75) is 13.8 Å². The molecule has 0 atom stereocenters. The number of non-ortho nitro benzene ring substituents is 1. The number of nitro groups is 1. The molecular weight excluding hydrogens is 390 g/mol. The van der Waals surface area contributed by atoms with Crippen LogP contribution in [0.15, 0.2) is 33.2 Å². The molecule has 3 rings (SSSR count). The van der Waals surface area contributed by atoms with E-state index in [0.29, 0.717) is 47.7 Å². The van der Waals surface area contributed by atoms with Crippen LogP contribution in [0.1, 0.15) is 21.9 Å². The summed E-state index contributed by atoms with van der Waals surface area (Å²) >= 11 is 3.42. The van der Waals surface area contributed by atoms with Gasteiger partial charge in [-0.2, -0.15) is 0 Å². The minimum Gasteiger partial charge on any atom is -0.465 e. The van der Waals surface area contributed by atoms with Crippen molar-refractivity contribution in [2.24, 2.45) is 0 Å². The Bertz CT molecular complexity index is 825. The Morgan fingerprint density at radius 2 is 1.88 bits per heavy atom. The summed E-state index contributed by atoms with van der Waals surface area (Å²) in [6, 6.07) is 6.58. The van der Waals surface area contributed by atoms with E-state index in [0.717, 1.165) is 5.69 Å². The Labute approximate surface area is 153 Å². The molecule has 1 aromatic carbocycles. The molecular formula is C17H18BrN3O4. The lowest BCUT2D eigenvalue weighted by atomic mass is 10.2. The average Bonchev–Trinajstić information content (AvgIpc) is 2.86. The van der Waals surface area contributed by atoms with Crippen LogP contribution >= 0.6 is 15.9 Å². The van der Waals surface area contributed by atoms with Gasteiger partial charge in [0.1, 0.15) is 11.5 Å². The molecule has 0 unspecified atom stereocenters. The molecule has 1 aliphatic rings. The van der Waals surface area contributed by atoms with Crippen LogP contribution in [0.25, 0.3) is 0 Å². The van der Waals surface area contributed by atoms with Crippen LogP contribution in [0.3, 0.4) is 0 Å². The number of rotatable bonds is 3. The molecule has 1 aromatic heterocycles. The van der Waals surface area contributed by atoms with Gasteiger partial charge in [-0.3, -0.25) is 14.9 Å². The molecule has 1 aliphatic heterocycles. The SMILES string of the molecule is Cc1oc(C)c(C(=O)N2CCN(c3cccc([N+](=O)[O-])c3)CC2)c1Br. The Balaban J connectivity index is 1.70. The molecule has 8 heteroatoms. The Morgan fingerprint density at radius 1 is 1.20 bits per heavy atom. The van der Waals surface area contributed by atoms with Crippen molar-refractivity contribution in [3.63, 3.8) is 0 Å². The van der Waals surface area contributed by atoms with Crippen LogP contribution in [-0.2, 0) is 0 Å². The molecule has 0 bridgehead atoms. The normalized spacial score (nSPS) is 14.7. The Kier molecular flexibility index (Phi) is 4.80. The second-order valence-electron chi connectivity index (χ2n) is 5.96. The molecule has 7 nitrogen and oxygen atoms in total. The summed E-state index contributed by atoms with van der Waals surface area (Å²) in [7, 11) is 0. The van der Waals surface area contributed by atoms with E-state index in [4.69, 9.17) is 4.42 Å². The first-order chi connectivity index (χ1) is 11.9. The second kappa shape index (κ2) is 6.87. The molecule has 25 heavy (non-hydrogen) atoms. The number of aryl methyl sites for hydroxylation is 2. The maximum absolute atomic E-state index is 12.8. The average molecular weight is 408 g/mol. The molecule has 2 aromatic rings. The van der Waals surface area contributed by atoms with Crippen molar-refractivity contribution >= 4 is 33.2 Å². The summed E-state index contributed by atoms with van der Waals surface area (Å²) in [6.45, 7) is 5.95. The fourth-order valence-corrected chi connectivity index (χ4v) is 3.56. The summed E-state index contributed by atoms with van der Waals surface area (Å²) in [6.07, 6.45) is 0. The summed E-state index contributed by atoms with van der Waals surface area (Å²) in [4.78, 5) is 27.1. The zero-order chi connectivity index (χ0) is 18.1. The third-order valence-corrected chi connectivity index (χ3v) is 5.33. The smallest absolute Gasteiger partial charge is 0.271 e. The molecule has 1 fully saturated rings. The zero-order valence-electron chi connectivity index (χ0n) is 14.0. The predicted octanol–water partition coefficient (Wildman–Crippen LogP) is 3.53. The number of piperazine rings is 1. The molecule has 1 amide bonds. The number of carbonyl (C=O) groups excluding carboxylic acids is 1. The van der Waals surface area contributed by atoms with Crippen molar-refractivity contribution in [2.75, 3.05) is 31.1 Å². The van der Waals surface area contributed by atoms with Crippen LogP contribution in [0.2, 0.25) is 0 Å². The number of benzene rings is 1. The number of nitrogens with zero attached hydrogens (tertiary/aromatic N) is 3. The highest BCUT2D eigenvalue weighted by Crippen LogP contribution is 2.29. The lowest BCUT2D eigenvalue weighted by Gasteiger charge is -2.36. The van der Waals surface area contributed by atoms with Crippen molar-refractivity contribution in [1.29, 1.82) is 0 Å². The van der Waals surface area contributed by atoms with Gasteiger partial charge in [-0.25, -0.2) is 0 Å². The molecule has 0 N–H and O–H groups in total. The molecule has 0 aliphatic carbocycles. The number of hydrogen-bond acceptors (Lipinski definition) is 5. The number of anilines is 1. The molecule has 132 valence electrons. The van der Waals surface area contributed by atoms with E-state index in [2.05, 4.69) is 20.8 Å². The van der Waals surface area contributed by atoms with Crippen molar-refractivity contribution in [1.82, 2.24) is 4.90 Å². The van der Waals surface area contributed by atoms with Crippen LogP contribution < -0.4 is 4.90 Å². The largest absolute Gasteiger partial charge is 0.465 e. The van der Waals surface area contributed by atoms with E-state index in [-0.39, 0.29) is 11.6 Å². The maximum Gasteiger partial charge on any atom is 0.271 e. The Hall–Kier alpha value is -2.35. The molecule has 1 saturated heterocycles. The van der Waals surface area contributed by atoms with Crippen LogP contribution in [0, 0.1) is 24.0 Å². The number of nitro benzene ring substituents is 1. The number of hydrogen-bond donors (Lipinski definition) is 0.